The number of morpholine rings is 1. The molecule has 0 spiro atoms. The van der Waals surface area contributed by atoms with Gasteiger partial charge in [0.15, 0.2) is 0 Å². The van der Waals surface area contributed by atoms with Crippen molar-refractivity contribution in [2.45, 2.75) is 31.9 Å². The maximum atomic E-state index is 15.3. The number of nitrogens with one attached hydrogen (secondary N) is 2. The van der Waals surface area contributed by atoms with E-state index >= 15 is 4.39 Å². The van der Waals surface area contributed by atoms with Gasteiger partial charge in [-0.3, -0.25) is 4.79 Å². The predicted molar refractivity (Wildman–Crippen MR) is 133 cm³/mol. The Kier molecular flexibility index (Phi) is 7.31. The van der Waals surface area contributed by atoms with Crippen LogP contribution in [0.3, 0.4) is 0 Å². The summed E-state index contributed by atoms with van der Waals surface area (Å²) in [6.45, 7) is 5.30. The fourth-order valence-corrected chi connectivity index (χ4v) is 5.88. The predicted octanol–water partition coefficient (Wildman–Crippen LogP) is 4.59. The first kappa shape index (κ1) is 25.8. The van der Waals surface area contributed by atoms with Crippen molar-refractivity contribution in [2.75, 3.05) is 56.7 Å². The molecule has 5 rings (SSSR count). The van der Waals surface area contributed by atoms with Gasteiger partial charge in [-0.05, 0) is 44.4 Å². The van der Waals surface area contributed by atoms with Crippen LogP contribution in [-0.2, 0) is 4.74 Å². The van der Waals surface area contributed by atoms with Crippen LogP contribution in [0.25, 0.3) is 0 Å². The lowest BCUT2D eigenvalue weighted by Crippen LogP contribution is -2.60. The molecule has 1 aliphatic carbocycles. The normalized spacial score (nSPS) is 24.5. The van der Waals surface area contributed by atoms with Gasteiger partial charge >= 0.3 is 0 Å². The van der Waals surface area contributed by atoms with Crippen LogP contribution in [0.15, 0.2) is 30.3 Å². The quantitative estimate of drug-likeness (QED) is 0.523. The molecule has 37 heavy (non-hydrogen) atoms. The van der Waals surface area contributed by atoms with Crippen molar-refractivity contribution in [3.63, 3.8) is 0 Å². The van der Waals surface area contributed by atoms with Crippen LogP contribution in [0.5, 0.6) is 0 Å². The number of nitrogens with zero attached hydrogens (tertiary/aromatic N) is 2. The molecule has 1 amide bonds. The van der Waals surface area contributed by atoms with E-state index in [-0.39, 0.29) is 17.2 Å². The summed E-state index contributed by atoms with van der Waals surface area (Å²) in [6.07, 6.45) is -1.87. The first-order valence-electron chi connectivity index (χ1n) is 12.7. The fourth-order valence-electron chi connectivity index (χ4n) is 5.88. The van der Waals surface area contributed by atoms with Crippen molar-refractivity contribution >= 4 is 17.3 Å². The maximum Gasteiger partial charge on any atom is 0.266 e. The zero-order valence-corrected chi connectivity index (χ0v) is 20.9. The number of rotatable bonds is 7. The summed E-state index contributed by atoms with van der Waals surface area (Å²) in [7, 11) is 2.08. The number of carbonyl (C=O) groups excluding carboxylic acids is 1. The van der Waals surface area contributed by atoms with Crippen molar-refractivity contribution in [3.8, 4) is 0 Å². The van der Waals surface area contributed by atoms with E-state index in [1.54, 1.807) is 0 Å². The summed E-state index contributed by atoms with van der Waals surface area (Å²) >= 11 is 0. The zero-order chi connectivity index (χ0) is 26.3. The lowest BCUT2D eigenvalue weighted by Gasteiger charge is -2.53. The van der Waals surface area contributed by atoms with E-state index in [0.717, 1.165) is 25.6 Å². The Labute approximate surface area is 214 Å². The molecule has 1 saturated carbocycles. The number of alkyl halides is 2. The number of benzene rings is 2. The zero-order valence-electron chi connectivity index (χ0n) is 20.9. The third-order valence-corrected chi connectivity index (χ3v) is 7.83. The summed E-state index contributed by atoms with van der Waals surface area (Å²) in [5.41, 5.74) is 0.168. The van der Waals surface area contributed by atoms with Crippen LogP contribution in [0, 0.1) is 23.5 Å². The number of fused-ring (bicyclic) bond motifs is 2. The molecular formula is C27H32F4N4O2. The summed E-state index contributed by atoms with van der Waals surface area (Å²) in [4.78, 5) is 17.6. The molecule has 2 bridgehead atoms. The summed E-state index contributed by atoms with van der Waals surface area (Å²) < 4.78 is 61.8. The molecule has 200 valence electrons. The number of carbonyl (C=O) groups is 1. The Balaban J connectivity index is 1.44. The fraction of sp³-hybridized carbons (Fsp3) is 0.519. The Bertz CT molecular complexity index is 1150. The van der Waals surface area contributed by atoms with Crippen LogP contribution in [0.4, 0.5) is 28.9 Å². The van der Waals surface area contributed by atoms with Gasteiger partial charge < -0.3 is 25.2 Å². The van der Waals surface area contributed by atoms with E-state index in [2.05, 4.69) is 22.6 Å². The number of piperidine rings is 2. The van der Waals surface area contributed by atoms with Crippen molar-refractivity contribution in [3.05, 3.63) is 58.7 Å². The van der Waals surface area contributed by atoms with Gasteiger partial charge in [0.05, 0.1) is 41.8 Å². The molecule has 3 fully saturated rings. The first-order valence-corrected chi connectivity index (χ1v) is 12.7. The Morgan fingerprint density at radius 3 is 2.43 bits per heavy atom. The van der Waals surface area contributed by atoms with Gasteiger partial charge in [-0.2, -0.15) is 0 Å². The lowest BCUT2D eigenvalue weighted by atomic mass is 9.66. The largest absolute Gasteiger partial charge is 0.381 e. The van der Waals surface area contributed by atoms with E-state index in [9.17, 15) is 18.0 Å². The second kappa shape index (κ2) is 10.5. The molecule has 2 saturated heterocycles. The summed E-state index contributed by atoms with van der Waals surface area (Å²) in [5, 5.41) is 6.16. The number of ether oxygens (including phenoxy) is 1. The smallest absolute Gasteiger partial charge is 0.266 e. The van der Waals surface area contributed by atoms with Crippen molar-refractivity contribution in [2.24, 2.45) is 11.8 Å². The van der Waals surface area contributed by atoms with Crippen LogP contribution >= 0.6 is 0 Å². The van der Waals surface area contributed by atoms with E-state index in [0.29, 0.717) is 49.5 Å². The number of hydrogen-bond acceptors (Lipinski definition) is 5. The van der Waals surface area contributed by atoms with Crippen molar-refractivity contribution in [1.29, 1.82) is 0 Å². The lowest BCUT2D eigenvalue weighted by molar-refractivity contribution is 0.0270. The minimum absolute atomic E-state index is 0.0345. The molecule has 2 aliphatic heterocycles. The molecule has 2 aromatic rings. The maximum absolute atomic E-state index is 15.3. The van der Waals surface area contributed by atoms with Gasteiger partial charge in [0, 0.05) is 37.8 Å². The number of amides is 1. The van der Waals surface area contributed by atoms with Crippen LogP contribution in [0.2, 0.25) is 0 Å². The Morgan fingerprint density at radius 2 is 1.76 bits per heavy atom. The standard InChI is InChI=1S/C27H32F4N4O2/c1-15(18-4-3-5-19(24(18)29)26(30)31)32-27(36)20-11-23(35-6-8-37-9-7-35)21(28)12-22(20)33-25-16-10-17(25)14-34(2)13-16/h3-5,11-12,15-17,25-26,33H,6-10,13-14H2,1-2H3,(H,32,36)/t15-,16-,17+,25?/m1/s1. The minimum atomic E-state index is -2.96. The molecule has 3 aliphatic rings. The average Bonchev–Trinajstić information content (AvgIpc) is 2.87. The van der Waals surface area contributed by atoms with E-state index in [1.165, 1.54) is 31.2 Å². The van der Waals surface area contributed by atoms with Crippen molar-refractivity contribution < 1.29 is 27.1 Å². The van der Waals surface area contributed by atoms with Crippen LogP contribution in [0.1, 0.15) is 47.3 Å². The van der Waals surface area contributed by atoms with Gasteiger partial charge in [0.2, 0.25) is 0 Å². The molecule has 10 heteroatoms. The number of anilines is 2. The molecule has 2 N–H and O–H groups in total. The van der Waals surface area contributed by atoms with Gasteiger partial charge in [-0.25, -0.2) is 17.6 Å². The molecule has 6 nitrogen and oxygen atoms in total. The van der Waals surface area contributed by atoms with Gasteiger partial charge in [-0.15, -0.1) is 0 Å². The van der Waals surface area contributed by atoms with Crippen molar-refractivity contribution in [1.82, 2.24) is 10.2 Å². The second-order valence-electron chi connectivity index (χ2n) is 10.3. The highest BCUT2D eigenvalue weighted by Crippen LogP contribution is 2.42. The molecule has 0 aromatic heterocycles. The van der Waals surface area contributed by atoms with Gasteiger partial charge in [0.25, 0.3) is 12.3 Å². The van der Waals surface area contributed by atoms with E-state index in [1.807, 2.05) is 4.90 Å². The number of halogens is 4. The summed E-state index contributed by atoms with van der Waals surface area (Å²) in [5.74, 6) is -1.19. The third kappa shape index (κ3) is 5.13. The number of likely N-dealkylation sites (tertiary alicyclic amines) is 1. The topological polar surface area (TPSA) is 56.8 Å². The Hall–Kier alpha value is -2.85. The average molecular weight is 521 g/mol. The highest BCUT2D eigenvalue weighted by Gasteiger charge is 2.46. The van der Waals surface area contributed by atoms with Gasteiger partial charge in [0.1, 0.15) is 11.6 Å². The van der Waals surface area contributed by atoms with E-state index < -0.39 is 35.6 Å². The summed E-state index contributed by atoms with van der Waals surface area (Å²) in [6, 6.07) is 5.89. The molecular weight excluding hydrogens is 488 g/mol. The number of hydrogen-bond donors (Lipinski definition) is 2. The molecule has 4 atom stereocenters. The SMILES string of the molecule is C[C@@H](NC(=O)c1cc(N2CCOCC2)c(F)cc1NC1[C@@H]2C[C@H]1CN(C)C2)c1cccc(C(F)F)c1F. The van der Waals surface area contributed by atoms with Crippen LogP contribution < -0.4 is 15.5 Å². The minimum Gasteiger partial charge on any atom is -0.381 e. The van der Waals surface area contributed by atoms with Crippen LogP contribution in [-0.4, -0.2) is 63.3 Å². The molecule has 1 unspecified atom stereocenters. The first-order chi connectivity index (χ1) is 17.7. The highest BCUT2D eigenvalue weighted by molar-refractivity contribution is 6.01. The molecule has 2 aromatic carbocycles. The molecule has 0 radical (unpaired) electrons. The molecule has 2 heterocycles. The van der Waals surface area contributed by atoms with Gasteiger partial charge in [-0.1, -0.05) is 18.2 Å². The monoisotopic (exact) mass is 520 g/mol. The van der Waals surface area contributed by atoms with E-state index in [4.69, 9.17) is 4.74 Å². The highest BCUT2D eigenvalue weighted by atomic mass is 19.3. The Morgan fingerprint density at radius 1 is 1.08 bits per heavy atom. The second-order valence-corrected chi connectivity index (χ2v) is 10.3. The third-order valence-electron chi connectivity index (χ3n) is 7.83.